The predicted molar refractivity (Wildman–Crippen MR) is 85.4 cm³/mol. The molecule has 2 rings (SSSR count). The Hall–Kier alpha value is -1.88. The maximum absolute atomic E-state index is 12.1. The van der Waals surface area contributed by atoms with E-state index in [0.717, 1.165) is 11.3 Å². The standard InChI is InChI=1S/C16H17BrN2O2/c1-3-21-14-7-4-12(5-8-14)11(2)19-16(20)13-6-9-15(17)18-10-13/h4-11H,3H2,1-2H3,(H,19,20). The van der Waals surface area contributed by atoms with Crippen LogP contribution in [0.2, 0.25) is 0 Å². The molecule has 0 saturated carbocycles. The number of pyridine rings is 1. The quantitative estimate of drug-likeness (QED) is 0.837. The van der Waals surface area contributed by atoms with Crippen molar-refractivity contribution in [1.82, 2.24) is 10.3 Å². The molecule has 0 aliphatic rings. The van der Waals surface area contributed by atoms with Crippen molar-refractivity contribution in [3.63, 3.8) is 0 Å². The average molecular weight is 349 g/mol. The van der Waals surface area contributed by atoms with Crippen molar-refractivity contribution in [1.29, 1.82) is 0 Å². The molecule has 1 N–H and O–H groups in total. The Morgan fingerprint density at radius 1 is 1.29 bits per heavy atom. The highest BCUT2D eigenvalue weighted by Gasteiger charge is 2.11. The van der Waals surface area contributed by atoms with Gasteiger partial charge in [0, 0.05) is 6.20 Å². The van der Waals surface area contributed by atoms with Gasteiger partial charge in [0.05, 0.1) is 18.2 Å². The molecule has 1 heterocycles. The van der Waals surface area contributed by atoms with Gasteiger partial charge in [-0.3, -0.25) is 4.79 Å². The van der Waals surface area contributed by atoms with Crippen molar-refractivity contribution in [2.24, 2.45) is 0 Å². The van der Waals surface area contributed by atoms with E-state index < -0.39 is 0 Å². The summed E-state index contributed by atoms with van der Waals surface area (Å²) in [6.07, 6.45) is 1.55. The van der Waals surface area contributed by atoms with E-state index in [9.17, 15) is 4.79 Å². The van der Waals surface area contributed by atoms with Gasteiger partial charge in [-0.2, -0.15) is 0 Å². The van der Waals surface area contributed by atoms with E-state index in [1.165, 1.54) is 0 Å². The van der Waals surface area contributed by atoms with Crippen LogP contribution in [0.5, 0.6) is 5.75 Å². The second-order valence-corrected chi connectivity index (χ2v) is 5.38. The number of benzene rings is 1. The van der Waals surface area contributed by atoms with Crippen LogP contribution in [0.25, 0.3) is 0 Å². The molecule has 21 heavy (non-hydrogen) atoms. The highest BCUT2D eigenvalue weighted by atomic mass is 79.9. The van der Waals surface area contributed by atoms with Gasteiger partial charge in [0.25, 0.3) is 5.91 Å². The van der Waals surface area contributed by atoms with E-state index in [1.54, 1.807) is 18.3 Å². The fourth-order valence-corrected chi connectivity index (χ4v) is 2.13. The largest absolute Gasteiger partial charge is 0.494 e. The average Bonchev–Trinajstić information content (AvgIpc) is 2.49. The van der Waals surface area contributed by atoms with Crippen LogP contribution >= 0.6 is 15.9 Å². The number of nitrogens with one attached hydrogen (secondary N) is 1. The van der Waals surface area contributed by atoms with Gasteiger partial charge in [0.1, 0.15) is 10.4 Å². The Bertz CT molecular complexity index is 597. The minimum absolute atomic E-state index is 0.0863. The molecule has 5 heteroatoms. The molecule has 1 atom stereocenters. The van der Waals surface area contributed by atoms with E-state index in [1.807, 2.05) is 38.1 Å². The van der Waals surface area contributed by atoms with E-state index in [2.05, 4.69) is 26.2 Å². The summed E-state index contributed by atoms with van der Waals surface area (Å²) >= 11 is 3.25. The van der Waals surface area contributed by atoms with E-state index in [0.29, 0.717) is 16.8 Å². The maximum Gasteiger partial charge on any atom is 0.253 e. The summed E-state index contributed by atoms with van der Waals surface area (Å²) in [6, 6.07) is 11.1. The second-order valence-electron chi connectivity index (χ2n) is 4.57. The fraction of sp³-hybridized carbons (Fsp3) is 0.250. The maximum atomic E-state index is 12.1. The number of aromatic nitrogens is 1. The molecule has 4 nitrogen and oxygen atoms in total. The number of carbonyl (C=O) groups excluding carboxylic acids is 1. The SMILES string of the molecule is CCOc1ccc(C(C)NC(=O)c2ccc(Br)nc2)cc1. The van der Waals surface area contributed by atoms with Gasteiger partial charge in [0.15, 0.2) is 0 Å². The molecule has 1 unspecified atom stereocenters. The molecule has 1 aromatic carbocycles. The van der Waals surface area contributed by atoms with Crippen LogP contribution in [0.3, 0.4) is 0 Å². The number of halogens is 1. The zero-order valence-corrected chi connectivity index (χ0v) is 13.6. The van der Waals surface area contributed by atoms with Crippen LogP contribution in [0.15, 0.2) is 47.2 Å². The minimum Gasteiger partial charge on any atom is -0.494 e. The molecule has 2 aromatic rings. The van der Waals surface area contributed by atoms with E-state index >= 15 is 0 Å². The smallest absolute Gasteiger partial charge is 0.253 e. The Balaban J connectivity index is 2.01. The lowest BCUT2D eigenvalue weighted by molar-refractivity contribution is 0.0939. The number of amides is 1. The summed E-state index contributed by atoms with van der Waals surface area (Å²) in [4.78, 5) is 16.2. The van der Waals surface area contributed by atoms with Gasteiger partial charge in [-0.25, -0.2) is 4.98 Å². The molecular formula is C16H17BrN2O2. The van der Waals surface area contributed by atoms with Crippen LogP contribution in [-0.4, -0.2) is 17.5 Å². The summed E-state index contributed by atoms with van der Waals surface area (Å²) in [5.41, 5.74) is 1.56. The summed E-state index contributed by atoms with van der Waals surface area (Å²) in [6.45, 7) is 4.53. The van der Waals surface area contributed by atoms with Crippen molar-refractivity contribution in [3.05, 3.63) is 58.3 Å². The first kappa shape index (κ1) is 15.5. The minimum atomic E-state index is -0.142. The van der Waals surface area contributed by atoms with Crippen LogP contribution in [0.4, 0.5) is 0 Å². The zero-order chi connectivity index (χ0) is 15.2. The Morgan fingerprint density at radius 3 is 2.57 bits per heavy atom. The monoisotopic (exact) mass is 348 g/mol. The van der Waals surface area contributed by atoms with Gasteiger partial charge in [0.2, 0.25) is 0 Å². The van der Waals surface area contributed by atoms with E-state index in [4.69, 9.17) is 4.74 Å². The summed E-state index contributed by atoms with van der Waals surface area (Å²) in [5.74, 6) is 0.688. The molecule has 1 amide bonds. The van der Waals surface area contributed by atoms with Gasteiger partial charge < -0.3 is 10.1 Å². The first-order chi connectivity index (χ1) is 10.1. The normalized spacial score (nSPS) is 11.8. The van der Waals surface area contributed by atoms with Crippen molar-refractivity contribution >= 4 is 21.8 Å². The first-order valence-electron chi connectivity index (χ1n) is 6.75. The lowest BCUT2D eigenvalue weighted by atomic mass is 10.1. The lowest BCUT2D eigenvalue weighted by Gasteiger charge is -2.15. The van der Waals surface area contributed by atoms with Crippen molar-refractivity contribution in [2.45, 2.75) is 19.9 Å². The third-order valence-electron chi connectivity index (χ3n) is 3.03. The van der Waals surface area contributed by atoms with Crippen molar-refractivity contribution in [3.8, 4) is 5.75 Å². The number of hydrogen-bond donors (Lipinski definition) is 1. The topological polar surface area (TPSA) is 51.2 Å². The second kappa shape index (κ2) is 7.22. The van der Waals surface area contributed by atoms with Gasteiger partial charge in [-0.1, -0.05) is 12.1 Å². The number of hydrogen-bond acceptors (Lipinski definition) is 3. The van der Waals surface area contributed by atoms with Gasteiger partial charge in [-0.15, -0.1) is 0 Å². The van der Waals surface area contributed by atoms with Crippen molar-refractivity contribution in [2.75, 3.05) is 6.61 Å². The van der Waals surface area contributed by atoms with E-state index in [-0.39, 0.29) is 11.9 Å². The Labute approximate surface area is 132 Å². The summed E-state index contributed by atoms with van der Waals surface area (Å²) < 4.78 is 6.11. The van der Waals surface area contributed by atoms with Crippen LogP contribution in [0.1, 0.15) is 35.8 Å². The molecular weight excluding hydrogens is 332 g/mol. The Morgan fingerprint density at radius 2 is 2.00 bits per heavy atom. The van der Waals surface area contributed by atoms with Gasteiger partial charge in [-0.05, 0) is 59.6 Å². The Kier molecular flexibility index (Phi) is 5.33. The number of nitrogens with zero attached hydrogens (tertiary/aromatic N) is 1. The van der Waals surface area contributed by atoms with Crippen molar-refractivity contribution < 1.29 is 9.53 Å². The molecule has 110 valence electrons. The van der Waals surface area contributed by atoms with Crippen LogP contribution in [0, 0.1) is 0 Å². The predicted octanol–water partition coefficient (Wildman–Crippen LogP) is 3.73. The number of ether oxygens (including phenoxy) is 1. The summed E-state index contributed by atoms with van der Waals surface area (Å²) in [7, 11) is 0. The molecule has 0 aliphatic heterocycles. The molecule has 0 bridgehead atoms. The third kappa shape index (κ3) is 4.29. The highest BCUT2D eigenvalue weighted by molar-refractivity contribution is 9.10. The molecule has 0 aliphatic carbocycles. The van der Waals surface area contributed by atoms with Crippen LogP contribution in [-0.2, 0) is 0 Å². The third-order valence-corrected chi connectivity index (χ3v) is 3.50. The molecule has 1 aromatic heterocycles. The molecule has 0 fully saturated rings. The molecule has 0 saturated heterocycles. The number of carbonyl (C=O) groups is 1. The number of rotatable bonds is 5. The van der Waals surface area contributed by atoms with Gasteiger partial charge >= 0.3 is 0 Å². The van der Waals surface area contributed by atoms with Crippen LogP contribution < -0.4 is 10.1 Å². The first-order valence-corrected chi connectivity index (χ1v) is 7.54. The summed E-state index contributed by atoms with van der Waals surface area (Å²) in [5, 5.41) is 2.95. The molecule has 0 spiro atoms. The lowest BCUT2D eigenvalue weighted by Crippen LogP contribution is -2.26. The fourth-order valence-electron chi connectivity index (χ4n) is 1.89. The zero-order valence-electron chi connectivity index (χ0n) is 12.0. The molecule has 0 radical (unpaired) electrons. The highest BCUT2D eigenvalue weighted by Crippen LogP contribution is 2.18.